The molecule has 1 heterocycles. The van der Waals surface area contributed by atoms with E-state index < -0.39 is 0 Å². The average Bonchev–Trinajstić information content (AvgIpc) is 2.31. The number of rotatable bonds is 3. The molecule has 0 amide bonds. The molecule has 3 heteroatoms. The molecule has 0 saturated carbocycles. The normalized spacial score (nSPS) is 10.4. The van der Waals surface area contributed by atoms with Gasteiger partial charge < -0.3 is 5.73 Å². The Hall–Kier alpha value is -1.74. The zero-order valence-corrected chi connectivity index (χ0v) is 8.86. The summed E-state index contributed by atoms with van der Waals surface area (Å²) >= 11 is 0. The van der Waals surface area contributed by atoms with Crippen molar-refractivity contribution >= 4 is 0 Å². The minimum Gasteiger partial charge on any atom is -0.326 e. The fourth-order valence-electron chi connectivity index (χ4n) is 1.60. The molecular formula is C13H13FN2. The number of nitrogens with two attached hydrogens (primary N) is 1. The third-order valence-corrected chi connectivity index (χ3v) is 2.49. The van der Waals surface area contributed by atoms with Crippen molar-refractivity contribution in [3.05, 3.63) is 65.2 Å². The van der Waals surface area contributed by atoms with Gasteiger partial charge in [0.1, 0.15) is 5.82 Å². The van der Waals surface area contributed by atoms with Gasteiger partial charge in [-0.05, 0) is 35.7 Å². The van der Waals surface area contributed by atoms with E-state index in [1.807, 2.05) is 18.2 Å². The van der Waals surface area contributed by atoms with E-state index in [4.69, 9.17) is 5.73 Å². The third kappa shape index (κ3) is 2.44. The van der Waals surface area contributed by atoms with Gasteiger partial charge in [-0.15, -0.1) is 0 Å². The van der Waals surface area contributed by atoms with E-state index in [9.17, 15) is 4.39 Å². The van der Waals surface area contributed by atoms with Crippen molar-refractivity contribution in [3.8, 4) is 0 Å². The summed E-state index contributed by atoms with van der Waals surface area (Å²) in [7, 11) is 0. The highest BCUT2D eigenvalue weighted by Crippen LogP contribution is 2.13. The number of pyridine rings is 1. The van der Waals surface area contributed by atoms with Crippen LogP contribution < -0.4 is 5.73 Å². The number of halogens is 1. The number of hydrogen-bond donors (Lipinski definition) is 1. The quantitative estimate of drug-likeness (QED) is 0.854. The molecule has 1 aromatic heterocycles. The molecule has 16 heavy (non-hydrogen) atoms. The summed E-state index contributed by atoms with van der Waals surface area (Å²) < 4.78 is 13.5. The summed E-state index contributed by atoms with van der Waals surface area (Å²) in [6, 6.07) is 9.05. The molecule has 82 valence electrons. The summed E-state index contributed by atoms with van der Waals surface area (Å²) in [5.41, 5.74) is 8.02. The highest BCUT2D eigenvalue weighted by molar-refractivity contribution is 5.28. The van der Waals surface area contributed by atoms with Gasteiger partial charge in [0.15, 0.2) is 0 Å². The van der Waals surface area contributed by atoms with E-state index >= 15 is 0 Å². The van der Waals surface area contributed by atoms with Crippen LogP contribution in [0.15, 0.2) is 42.7 Å². The Labute approximate surface area is 93.9 Å². The highest BCUT2D eigenvalue weighted by atomic mass is 19.1. The summed E-state index contributed by atoms with van der Waals surface area (Å²) in [5.74, 6) is -0.228. The molecule has 0 aliphatic carbocycles. The van der Waals surface area contributed by atoms with Gasteiger partial charge in [0.05, 0.1) is 0 Å². The Morgan fingerprint density at radius 3 is 2.44 bits per heavy atom. The molecule has 0 spiro atoms. The van der Waals surface area contributed by atoms with Crippen molar-refractivity contribution in [2.24, 2.45) is 5.73 Å². The second-order valence-electron chi connectivity index (χ2n) is 3.66. The Morgan fingerprint density at radius 1 is 1.06 bits per heavy atom. The Balaban J connectivity index is 2.20. The fourth-order valence-corrected chi connectivity index (χ4v) is 1.60. The number of nitrogens with zero attached hydrogens (tertiary/aromatic N) is 1. The van der Waals surface area contributed by atoms with E-state index in [1.165, 1.54) is 0 Å². The maximum Gasteiger partial charge on any atom is 0.127 e. The van der Waals surface area contributed by atoms with Crippen LogP contribution in [-0.4, -0.2) is 4.98 Å². The average molecular weight is 216 g/mol. The van der Waals surface area contributed by atoms with Crippen LogP contribution in [-0.2, 0) is 13.0 Å². The maximum absolute atomic E-state index is 13.5. The Morgan fingerprint density at radius 2 is 1.81 bits per heavy atom. The van der Waals surface area contributed by atoms with Crippen LogP contribution in [0.3, 0.4) is 0 Å². The first-order chi connectivity index (χ1) is 7.79. The van der Waals surface area contributed by atoms with Crippen LogP contribution in [0.1, 0.15) is 16.7 Å². The van der Waals surface area contributed by atoms with Crippen molar-refractivity contribution < 1.29 is 4.39 Å². The van der Waals surface area contributed by atoms with Crippen LogP contribution in [0.4, 0.5) is 4.39 Å². The van der Waals surface area contributed by atoms with Crippen LogP contribution in [0, 0.1) is 5.82 Å². The molecule has 1 aromatic carbocycles. The standard InChI is InChI=1S/C13H13FN2/c14-13-8-11(1-2-12(13)9-15)7-10-3-5-16-6-4-10/h1-6,8H,7,9,15H2. The molecule has 0 fully saturated rings. The lowest BCUT2D eigenvalue weighted by atomic mass is 10.0. The van der Waals surface area contributed by atoms with Crippen LogP contribution >= 0.6 is 0 Å². The van der Waals surface area contributed by atoms with Crippen molar-refractivity contribution in [2.45, 2.75) is 13.0 Å². The SMILES string of the molecule is NCc1ccc(Cc2ccncc2)cc1F. The molecule has 0 unspecified atom stereocenters. The van der Waals surface area contributed by atoms with E-state index in [-0.39, 0.29) is 12.4 Å². The monoisotopic (exact) mass is 216 g/mol. The molecule has 0 aliphatic rings. The van der Waals surface area contributed by atoms with Gasteiger partial charge in [0.25, 0.3) is 0 Å². The number of aromatic nitrogens is 1. The molecule has 2 rings (SSSR count). The largest absolute Gasteiger partial charge is 0.326 e. The van der Waals surface area contributed by atoms with E-state index in [2.05, 4.69) is 4.98 Å². The molecule has 2 nitrogen and oxygen atoms in total. The summed E-state index contributed by atoms with van der Waals surface area (Å²) in [6.07, 6.45) is 4.18. The number of hydrogen-bond acceptors (Lipinski definition) is 2. The van der Waals surface area contributed by atoms with Gasteiger partial charge in [-0.1, -0.05) is 12.1 Å². The molecule has 0 bridgehead atoms. The van der Waals surface area contributed by atoms with E-state index in [0.29, 0.717) is 12.0 Å². The van der Waals surface area contributed by atoms with Gasteiger partial charge >= 0.3 is 0 Å². The molecule has 2 aromatic rings. The van der Waals surface area contributed by atoms with Crippen molar-refractivity contribution in [1.29, 1.82) is 0 Å². The number of benzene rings is 1. The van der Waals surface area contributed by atoms with Crippen LogP contribution in [0.5, 0.6) is 0 Å². The van der Waals surface area contributed by atoms with E-state index in [0.717, 1.165) is 11.1 Å². The lowest BCUT2D eigenvalue weighted by Gasteiger charge is -2.04. The minimum absolute atomic E-state index is 0.228. The molecule has 2 N–H and O–H groups in total. The zero-order chi connectivity index (χ0) is 11.4. The Bertz CT molecular complexity index is 469. The van der Waals surface area contributed by atoms with Crippen molar-refractivity contribution in [3.63, 3.8) is 0 Å². The zero-order valence-electron chi connectivity index (χ0n) is 8.86. The Kier molecular flexibility index (Phi) is 3.27. The van der Waals surface area contributed by atoms with Crippen molar-refractivity contribution in [1.82, 2.24) is 4.98 Å². The summed E-state index contributed by atoms with van der Waals surface area (Å²) in [5, 5.41) is 0. The highest BCUT2D eigenvalue weighted by Gasteiger charge is 2.02. The third-order valence-electron chi connectivity index (χ3n) is 2.49. The first kappa shape index (κ1) is 10.8. The minimum atomic E-state index is -0.228. The topological polar surface area (TPSA) is 38.9 Å². The van der Waals surface area contributed by atoms with Crippen LogP contribution in [0.25, 0.3) is 0 Å². The predicted molar refractivity (Wildman–Crippen MR) is 61.3 cm³/mol. The second kappa shape index (κ2) is 4.86. The smallest absolute Gasteiger partial charge is 0.127 e. The second-order valence-corrected chi connectivity index (χ2v) is 3.66. The van der Waals surface area contributed by atoms with Crippen LogP contribution in [0.2, 0.25) is 0 Å². The van der Waals surface area contributed by atoms with Gasteiger partial charge in [-0.2, -0.15) is 0 Å². The van der Waals surface area contributed by atoms with Gasteiger partial charge in [-0.3, -0.25) is 4.98 Å². The maximum atomic E-state index is 13.5. The van der Waals surface area contributed by atoms with Gasteiger partial charge in [0, 0.05) is 24.5 Å². The molecule has 0 radical (unpaired) electrons. The van der Waals surface area contributed by atoms with Crippen molar-refractivity contribution in [2.75, 3.05) is 0 Å². The predicted octanol–water partition coefficient (Wildman–Crippen LogP) is 2.27. The lowest BCUT2D eigenvalue weighted by molar-refractivity contribution is 0.609. The fraction of sp³-hybridized carbons (Fsp3) is 0.154. The first-order valence-corrected chi connectivity index (χ1v) is 5.16. The molecule has 0 saturated heterocycles. The molecule has 0 aliphatic heterocycles. The first-order valence-electron chi connectivity index (χ1n) is 5.16. The molecule has 0 atom stereocenters. The van der Waals surface area contributed by atoms with E-state index in [1.54, 1.807) is 24.5 Å². The van der Waals surface area contributed by atoms with Gasteiger partial charge in [0.2, 0.25) is 0 Å². The van der Waals surface area contributed by atoms with Gasteiger partial charge in [-0.25, -0.2) is 4.39 Å². The summed E-state index contributed by atoms with van der Waals surface area (Å²) in [6.45, 7) is 0.237. The lowest BCUT2D eigenvalue weighted by Crippen LogP contribution is -2.00. The summed E-state index contributed by atoms with van der Waals surface area (Å²) in [4.78, 5) is 3.94. The molecular weight excluding hydrogens is 203 g/mol.